The van der Waals surface area contributed by atoms with Gasteiger partial charge in [0.25, 0.3) is 0 Å². The van der Waals surface area contributed by atoms with Crippen molar-refractivity contribution in [3.63, 3.8) is 0 Å². The molecule has 0 spiro atoms. The van der Waals surface area contributed by atoms with Gasteiger partial charge in [0, 0.05) is 37.1 Å². The number of alkyl halides is 2. The van der Waals surface area contributed by atoms with Gasteiger partial charge in [0.15, 0.2) is 0 Å². The van der Waals surface area contributed by atoms with E-state index in [2.05, 4.69) is 19.6 Å². The maximum Gasteiger partial charge on any atom is 0.387 e. The minimum Gasteiger partial charge on any atom is -0.435 e. The molecular weight excluding hydrogens is 404 g/mol. The van der Waals surface area contributed by atoms with Gasteiger partial charge in [-0.2, -0.15) is 8.78 Å². The van der Waals surface area contributed by atoms with Crippen molar-refractivity contribution in [2.24, 2.45) is 10.7 Å². The summed E-state index contributed by atoms with van der Waals surface area (Å²) in [6, 6.07) is 9.57. The van der Waals surface area contributed by atoms with E-state index in [9.17, 15) is 8.78 Å². The Hall–Kier alpha value is -3.33. The molecule has 3 N–H and O–H groups in total. The zero-order chi connectivity index (χ0) is 22.4. The molecule has 0 bridgehead atoms. The minimum absolute atomic E-state index is 0.0424. The molecule has 1 aromatic carbocycles. The van der Waals surface area contributed by atoms with E-state index in [-0.39, 0.29) is 23.8 Å². The number of benzene rings is 1. The lowest BCUT2D eigenvalue weighted by Gasteiger charge is -2.36. The molecule has 2 atom stereocenters. The van der Waals surface area contributed by atoms with Crippen molar-refractivity contribution < 1.29 is 18.3 Å². The summed E-state index contributed by atoms with van der Waals surface area (Å²) in [5.74, 6) is 1.04. The molecule has 1 aliphatic heterocycles. The van der Waals surface area contributed by atoms with Gasteiger partial charge in [-0.05, 0) is 43.7 Å². The Morgan fingerprint density at radius 2 is 1.94 bits per heavy atom. The van der Waals surface area contributed by atoms with Crippen molar-refractivity contribution >= 4 is 29.1 Å². The average Bonchev–Trinajstić information content (AvgIpc) is 2.72. The molecule has 2 heterocycles. The highest BCUT2D eigenvalue weighted by Crippen LogP contribution is 2.23. The second-order valence-electron chi connectivity index (χ2n) is 7.22. The van der Waals surface area contributed by atoms with Crippen LogP contribution in [0.5, 0.6) is 5.75 Å². The number of nitrogens with two attached hydrogens (primary N) is 1. The molecule has 3 rings (SSSR count). The van der Waals surface area contributed by atoms with Gasteiger partial charge in [0.05, 0.1) is 17.9 Å². The van der Waals surface area contributed by atoms with Crippen LogP contribution in [0.25, 0.3) is 5.57 Å². The average molecular weight is 429 g/mol. The third-order valence-electron chi connectivity index (χ3n) is 4.60. The molecule has 1 aromatic heterocycles. The Labute approximate surface area is 179 Å². The van der Waals surface area contributed by atoms with Crippen LogP contribution >= 0.6 is 0 Å². The quantitative estimate of drug-likeness (QED) is 0.512. The fourth-order valence-electron chi connectivity index (χ4n) is 3.39. The lowest BCUT2D eigenvalue weighted by Crippen LogP contribution is -2.45. The fourth-order valence-corrected chi connectivity index (χ4v) is 3.39. The first-order valence-electron chi connectivity index (χ1n) is 9.82. The van der Waals surface area contributed by atoms with Crippen molar-refractivity contribution in [3.8, 4) is 5.75 Å². The van der Waals surface area contributed by atoms with Crippen LogP contribution in [-0.4, -0.2) is 48.9 Å². The van der Waals surface area contributed by atoms with Gasteiger partial charge in [-0.25, -0.2) is 9.98 Å². The van der Waals surface area contributed by atoms with Crippen molar-refractivity contribution in [2.75, 3.05) is 18.0 Å². The standard InChI is InChI=1S/C22H25F2N5O2/c1-14-12-29(13-15(2)30-14)21-10-18(7-8-27-21)28-20(26)9-17(11-25)16-3-5-19(6-4-16)31-22(23)24/h3-11,14-15,22,25H,12-13H2,1-2H3,(H2,26,27,28)/b17-9+,25-11?. The number of nitrogens with one attached hydrogen (secondary N) is 1. The van der Waals surface area contributed by atoms with Gasteiger partial charge in [0.2, 0.25) is 0 Å². The number of aromatic nitrogens is 1. The Balaban J connectivity index is 1.78. The second-order valence-corrected chi connectivity index (χ2v) is 7.22. The number of hydrogen-bond donors (Lipinski definition) is 2. The van der Waals surface area contributed by atoms with E-state index in [0.29, 0.717) is 16.8 Å². The van der Waals surface area contributed by atoms with E-state index in [1.807, 2.05) is 19.9 Å². The largest absolute Gasteiger partial charge is 0.435 e. The summed E-state index contributed by atoms with van der Waals surface area (Å²) in [6.45, 7) is 2.64. The second kappa shape index (κ2) is 10.1. The number of morpholine rings is 1. The van der Waals surface area contributed by atoms with Gasteiger partial charge >= 0.3 is 6.61 Å². The summed E-state index contributed by atoms with van der Waals surface area (Å²) in [5.41, 5.74) is 7.82. The molecule has 1 aliphatic rings. The highest BCUT2D eigenvalue weighted by molar-refractivity contribution is 6.16. The number of amidine groups is 1. The summed E-state index contributed by atoms with van der Waals surface area (Å²) in [7, 11) is 0. The van der Waals surface area contributed by atoms with Gasteiger partial charge < -0.3 is 25.5 Å². The lowest BCUT2D eigenvalue weighted by molar-refractivity contribution is -0.0498. The molecule has 0 amide bonds. The molecule has 9 heteroatoms. The van der Waals surface area contributed by atoms with Crippen LogP contribution < -0.4 is 15.4 Å². The molecule has 0 radical (unpaired) electrons. The molecule has 0 aliphatic carbocycles. The summed E-state index contributed by atoms with van der Waals surface area (Å²) in [4.78, 5) is 11.0. The number of hydrogen-bond acceptors (Lipinski definition) is 6. The summed E-state index contributed by atoms with van der Waals surface area (Å²) in [6.07, 6.45) is 4.57. The topological polar surface area (TPSA) is 96.8 Å². The van der Waals surface area contributed by atoms with E-state index in [1.54, 1.807) is 30.5 Å². The van der Waals surface area contributed by atoms with Gasteiger partial charge in [0.1, 0.15) is 17.4 Å². The number of aliphatic imine (C=N–C) groups is 1. The van der Waals surface area contributed by atoms with Crippen molar-refractivity contribution in [3.05, 3.63) is 54.2 Å². The summed E-state index contributed by atoms with van der Waals surface area (Å²) < 4.78 is 34.7. The van der Waals surface area contributed by atoms with E-state index in [4.69, 9.17) is 15.9 Å². The number of rotatable bonds is 7. The van der Waals surface area contributed by atoms with E-state index in [0.717, 1.165) is 25.1 Å². The first kappa shape index (κ1) is 22.4. The first-order valence-corrected chi connectivity index (χ1v) is 9.82. The first-order chi connectivity index (χ1) is 14.8. The fraction of sp³-hybridized carbons (Fsp3) is 0.318. The maximum atomic E-state index is 12.3. The smallest absolute Gasteiger partial charge is 0.387 e. The molecule has 2 aromatic rings. The predicted molar refractivity (Wildman–Crippen MR) is 118 cm³/mol. The number of allylic oxidation sites excluding steroid dienone is 1. The number of anilines is 1. The van der Waals surface area contributed by atoms with Gasteiger partial charge in [-0.3, -0.25) is 0 Å². The third kappa shape index (κ3) is 6.32. The Morgan fingerprint density at radius 3 is 2.55 bits per heavy atom. The normalized spacial score (nSPS) is 20.1. The van der Waals surface area contributed by atoms with Crippen LogP contribution in [0.15, 0.2) is 53.7 Å². The van der Waals surface area contributed by atoms with E-state index in [1.165, 1.54) is 12.1 Å². The van der Waals surface area contributed by atoms with Crippen LogP contribution in [0.2, 0.25) is 0 Å². The Bertz CT molecular complexity index is 953. The maximum absolute atomic E-state index is 12.3. The minimum atomic E-state index is -2.89. The molecule has 1 fully saturated rings. The molecule has 31 heavy (non-hydrogen) atoms. The molecular formula is C22H25F2N5O2. The molecule has 1 saturated heterocycles. The summed E-state index contributed by atoms with van der Waals surface area (Å²) in [5, 5.41) is 7.66. The molecule has 164 valence electrons. The van der Waals surface area contributed by atoms with Gasteiger partial charge in [-0.1, -0.05) is 12.1 Å². The molecule has 0 saturated carbocycles. The Morgan fingerprint density at radius 1 is 1.26 bits per heavy atom. The van der Waals surface area contributed by atoms with Crippen LogP contribution in [-0.2, 0) is 4.74 Å². The Kier molecular flexibility index (Phi) is 7.30. The zero-order valence-corrected chi connectivity index (χ0v) is 17.3. The van der Waals surface area contributed by atoms with Crippen LogP contribution in [0.3, 0.4) is 0 Å². The van der Waals surface area contributed by atoms with Crippen molar-refractivity contribution in [1.82, 2.24) is 4.98 Å². The van der Waals surface area contributed by atoms with Crippen LogP contribution in [0, 0.1) is 5.41 Å². The highest BCUT2D eigenvalue weighted by Gasteiger charge is 2.23. The third-order valence-corrected chi connectivity index (χ3v) is 4.60. The zero-order valence-electron chi connectivity index (χ0n) is 17.3. The van der Waals surface area contributed by atoms with E-state index >= 15 is 0 Å². The molecule has 2 unspecified atom stereocenters. The van der Waals surface area contributed by atoms with Crippen molar-refractivity contribution in [1.29, 1.82) is 5.41 Å². The van der Waals surface area contributed by atoms with Crippen LogP contribution in [0.1, 0.15) is 19.4 Å². The van der Waals surface area contributed by atoms with Crippen molar-refractivity contribution in [2.45, 2.75) is 32.7 Å². The van der Waals surface area contributed by atoms with E-state index < -0.39 is 6.61 Å². The van der Waals surface area contributed by atoms with Gasteiger partial charge in [-0.15, -0.1) is 0 Å². The monoisotopic (exact) mass is 429 g/mol. The number of pyridine rings is 1. The number of halogens is 2. The lowest BCUT2D eigenvalue weighted by atomic mass is 10.1. The summed E-state index contributed by atoms with van der Waals surface area (Å²) >= 11 is 0. The predicted octanol–water partition coefficient (Wildman–Crippen LogP) is 4.02. The van der Waals surface area contributed by atoms with Crippen LogP contribution in [0.4, 0.5) is 20.3 Å². The number of nitrogens with zero attached hydrogens (tertiary/aromatic N) is 3. The highest BCUT2D eigenvalue weighted by atomic mass is 19.3. The number of ether oxygens (including phenoxy) is 2. The molecule has 7 nitrogen and oxygen atoms in total. The SMILES string of the molecule is CC1CN(c2cc(N=C(N)/C=C(\C=N)c3ccc(OC(F)F)cc3)ccn2)CC(C)O1.